The van der Waals surface area contributed by atoms with Crippen molar-refractivity contribution in [3.8, 4) is 5.75 Å². The first-order valence-corrected chi connectivity index (χ1v) is 11.9. The summed E-state index contributed by atoms with van der Waals surface area (Å²) in [6, 6.07) is 6.29. The first-order valence-electron chi connectivity index (χ1n) is 11.9. The average molecular weight is 484 g/mol. The third-order valence-corrected chi connectivity index (χ3v) is 6.57. The van der Waals surface area contributed by atoms with Crippen LogP contribution in [0.2, 0.25) is 0 Å². The van der Waals surface area contributed by atoms with Gasteiger partial charge in [-0.05, 0) is 57.5 Å². The normalized spacial score (nSPS) is 18.0. The SMILES string of the molecule is Cc1nc(N[C@H](C)c2cc(N)cc(C(F)F)c2)c2cc(N3CCOCC3)c3c(c2n1)CC(C)(C)O3. The maximum absolute atomic E-state index is 13.4. The lowest BCUT2D eigenvalue weighted by atomic mass is 9.98. The zero-order chi connectivity index (χ0) is 24.9. The van der Waals surface area contributed by atoms with Crippen molar-refractivity contribution in [3.63, 3.8) is 0 Å². The highest BCUT2D eigenvalue weighted by molar-refractivity contribution is 5.97. The van der Waals surface area contributed by atoms with Gasteiger partial charge in [0.05, 0.1) is 30.5 Å². The van der Waals surface area contributed by atoms with Crippen LogP contribution in [0.3, 0.4) is 0 Å². The minimum atomic E-state index is -2.59. The predicted octanol–water partition coefficient (Wildman–Crippen LogP) is 5.18. The number of aromatic nitrogens is 2. The number of alkyl halides is 2. The molecule has 9 heteroatoms. The van der Waals surface area contributed by atoms with E-state index in [0.717, 1.165) is 47.4 Å². The van der Waals surface area contributed by atoms with E-state index in [-0.39, 0.29) is 17.2 Å². The van der Waals surface area contributed by atoms with E-state index in [9.17, 15) is 8.78 Å². The van der Waals surface area contributed by atoms with E-state index >= 15 is 0 Å². The molecule has 2 aliphatic heterocycles. The Morgan fingerprint density at radius 2 is 1.80 bits per heavy atom. The standard InChI is InChI=1S/C26H31F2N5O2/c1-14(16-9-17(24(27)28)11-18(29)10-16)30-25-19-12-21(33-5-7-34-8-6-33)23-20(13-26(3,4)35-23)22(19)31-15(2)32-25/h9-12,14,24H,5-8,13,29H2,1-4H3,(H,30,31,32)/t14-/m1/s1. The van der Waals surface area contributed by atoms with E-state index in [1.54, 1.807) is 6.07 Å². The molecule has 35 heavy (non-hydrogen) atoms. The van der Waals surface area contributed by atoms with Crippen molar-refractivity contribution in [3.05, 3.63) is 46.8 Å². The number of ether oxygens (including phenoxy) is 2. The molecule has 0 amide bonds. The number of nitrogen functional groups attached to an aromatic ring is 1. The van der Waals surface area contributed by atoms with Crippen LogP contribution in [0, 0.1) is 6.92 Å². The summed E-state index contributed by atoms with van der Waals surface area (Å²) in [5, 5.41) is 4.32. The van der Waals surface area contributed by atoms with Crippen LogP contribution >= 0.6 is 0 Å². The molecular weight excluding hydrogens is 452 g/mol. The number of hydrogen-bond acceptors (Lipinski definition) is 7. The lowest BCUT2D eigenvalue weighted by Gasteiger charge is -2.31. The van der Waals surface area contributed by atoms with Gasteiger partial charge < -0.3 is 25.4 Å². The quantitative estimate of drug-likeness (QED) is 0.484. The number of nitrogens with one attached hydrogen (secondary N) is 1. The van der Waals surface area contributed by atoms with E-state index < -0.39 is 6.43 Å². The first kappa shape index (κ1) is 23.5. The molecule has 0 unspecified atom stereocenters. The minimum Gasteiger partial charge on any atom is -0.485 e. The summed E-state index contributed by atoms with van der Waals surface area (Å²) in [7, 11) is 0. The van der Waals surface area contributed by atoms with Crippen molar-refractivity contribution < 1.29 is 18.3 Å². The number of benzene rings is 2. The summed E-state index contributed by atoms with van der Waals surface area (Å²) in [5.41, 5.74) is 9.39. The van der Waals surface area contributed by atoms with E-state index in [2.05, 4.69) is 30.1 Å². The number of anilines is 3. The summed E-state index contributed by atoms with van der Waals surface area (Å²) in [5.74, 6) is 2.15. The fourth-order valence-corrected chi connectivity index (χ4v) is 4.94. The predicted molar refractivity (Wildman–Crippen MR) is 134 cm³/mol. The fourth-order valence-electron chi connectivity index (χ4n) is 4.94. The van der Waals surface area contributed by atoms with Crippen LogP contribution in [0.25, 0.3) is 10.9 Å². The van der Waals surface area contributed by atoms with Crippen molar-refractivity contribution >= 4 is 28.1 Å². The van der Waals surface area contributed by atoms with Crippen LogP contribution in [0.15, 0.2) is 24.3 Å². The summed E-state index contributed by atoms with van der Waals surface area (Å²) < 4.78 is 38.7. The number of nitrogens with zero attached hydrogens (tertiary/aromatic N) is 3. The van der Waals surface area contributed by atoms with Crippen LogP contribution in [0.1, 0.15) is 55.8 Å². The molecule has 1 aromatic heterocycles. The lowest BCUT2D eigenvalue weighted by Crippen LogP contribution is -2.36. The summed E-state index contributed by atoms with van der Waals surface area (Å²) >= 11 is 0. The second-order valence-electron chi connectivity index (χ2n) is 9.96. The van der Waals surface area contributed by atoms with Crippen molar-refractivity contribution in [2.45, 2.75) is 52.2 Å². The van der Waals surface area contributed by atoms with Gasteiger partial charge in [-0.1, -0.05) is 0 Å². The highest BCUT2D eigenvalue weighted by Gasteiger charge is 2.36. The van der Waals surface area contributed by atoms with E-state index in [1.165, 1.54) is 12.1 Å². The second-order valence-corrected chi connectivity index (χ2v) is 9.96. The number of fused-ring (bicyclic) bond motifs is 3. The summed E-state index contributed by atoms with van der Waals surface area (Å²) in [6.07, 6.45) is -1.86. The van der Waals surface area contributed by atoms with Gasteiger partial charge in [-0.15, -0.1) is 0 Å². The third-order valence-electron chi connectivity index (χ3n) is 6.57. The highest BCUT2D eigenvalue weighted by atomic mass is 19.3. The number of nitrogens with two attached hydrogens (primary N) is 1. The monoisotopic (exact) mass is 483 g/mol. The molecule has 0 saturated carbocycles. The molecule has 3 heterocycles. The number of hydrogen-bond donors (Lipinski definition) is 2. The van der Waals surface area contributed by atoms with Gasteiger partial charge in [0.1, 0.15) is 23.0 Å². The molecule has 7 nitrogen and oxygen atoms in total. The topological polar surface area (TPSA) is 85.5 Å². The second kappa shape index (κ2) is 8.78. The first-order chi connectivity index (χ1) is 16.6. The number of halogens is 2. The Morgan fingerprint density at radius 1 is 1.09 bits per heavy atom. The molecule has 5 rings (SSSR count). The number of morpholine rings is 1. The summed E-state index contributed by atoms with van der Waals surface area (Å²) in [6.45, 7) is 10.8. The Labute approximate surface area is 203 Å². The van der Waals surface area contributed by atoms with Gasteiger partial charge in [0.25, 0.3) is 6.43 Å². The smallest absolute Gasteiger partial charge is 0.263 e. The Morgan fingerprint density at radius 3 is 2.51 bits per heavy atom. The Kier molecular flexibility index (Phi) is 5.91. The molecule has 1 atom stereocenters. The van der Waals surface area contributed by atoms with Crippen molar-refractivity contribution in [2.75, 3.05) is 42.3 Å². The third kappa shape index (κ3) is 4.57. The van der Waals surface area contributed by atoms with Crippen molar-refractivity contribution in [1.29, 1.82) is 0 Å². The maximum Gasteiger partial charge on any atom is 0.263 e. The Hall–Kier alpha value is -3.20. The maximum atomic E-state index is 13.4. The Bertz CT molecular complexity index is 1270. The zero-order valence-electron chi connectivity index (χ0n) is 20.5. The molecule has 2 aromatic carbocycles. The lowest BCUT2D eigenvalue weighted by molar-refractivity contribution is 0.120. The summed E-state index contributed by atoms with van der Waals surface area (Å²) in [4.78, 5) is 11.8. The largest absolute Gasteiger partial charge is 0.485 e. The van der Waals surface area contributed by atoms with Gasteiger partial charge in [0, 0.05) is 41.7 Å². The zero-order valence-corrected chi connectivity index (χ0v) is 20.5. The van der Waals surface area contributed by atoms with Gasteiger partial charge in [-0.25, -0.2) is 18.7 Å². The highest BCUT2D eigenvalue weighted by Crippen LogP contribution is 2.47. The van der Waals surface area contributed by atoms with Crippen LogP contribution in [0.4, 0.5) is 26.0 Å². The molecule has 3 N–H and O–H groups in total. The molecule has 0 spiro atoms. The molecule has 0 radical (unpaired) electrons. The Balaban J connectivity index is 1.61. The molecule has 0 bridgehead atoms. The van der Waals surface area contributed by atoms with Crippen molar-refractivity contribution in [2.24, 2.45) is 0 Å². The van der Waals surface area contributed by atoms with Gasteiger partial charge in [0.2, 0.25) is 0 Å². The van der Waals surface area contributed by atoms with Gasteiger partial charge >= 0.3 is 0 Å². The molecule has 186 valence electrons. The van der Waals surface area contributed by atoms with E-state index in [4.69, 9.17) is 25.2 Å². The van der Waals surface area contributed by atoms with Crippen LogP contribution in [-0.4, -0.2) is 41.9 Å². The van der Waals surface area contributed by atoms with Gasteiger partial charge in [0.15, 0.2) is 0 Å². The fraction of sp³-hybridized carbons (Fsp3) is 0.462. The molecule has 1 saturated heterocycles. The number of rotatable bonds is 5. The minimum absolute atomic E-state index is 0.0934. The van der Waals surface area contributed by atoms with Gasteiger partial charge in [-0.3, -0.25) is 0 Å². The van der Waals surface area contributed by atoms with Crippen LogP contribution in [0.5, 0.6) is 5.75 Å². The molecule has 1 fully saturated rings. The van der Waals surface area contributed by atoms with Crippen LogP contribution < -0.4 is 20.7 Å². The van der Waals surface area contributed by atoms with E-state index in [1.807, 2.05) is 13.8 Å². The molecular formula is C26H31F2N5O2. The average Bonchev–Trinajstić information content (AvgIpc) is 3.14. The van der Waals surface area contributed by atoms with Crippen LogP contribution in [-0.2, 0) is 11.2 Å². The molecule has 3 aromatic rings. The molecule has 0 aliphatic carbocycles. The number of aryl methyl sites for hydroxylation is 1. The molecule has 2 aliphatic rings. The van der Waals surface area contributed by atoms with Crippen molar-refractivity contribution in [1.82, 2.24) is 9.97 Å². The van der Waals surface area contributed by atoms with Gasteiger partial charge in [-0.2, -0.15) is 0 Å². The van der Waals surface area contributed by atoms with E-state index in [0.29, 0.717) is 36.1 Å².